The number of nitrogens with one attached hydrogen (secondary N) is 1. The van der Waals surface area contributed by atoms with Crippen molar-refractivity contribution in [2.24, 2.45) is 0 Å². The normalized spacial score (nSPS) is 26.1. The molecule has 0 aromatic carbocycles. The summed E-state index contributed by atoms with van der Waals surface area (Å²) in [6.07, 6.45) is 0.741. The molecule has 1 atom stereocenters. The number of hydrogen-bond acceptors (Lipinski definition) is 6. The lowest BCUT2D eigenvalue weighted by Crippen LogP contribution is -2.51. The number of nitrogens with zero attached hydrogens (tertiary/aromatic N) is 3. The van der Waals surface area contributed by atoms with Gasteiger partial charge in [-0.2, -0.15) is 0 Å². The third-order valence-electron chi connectivity index (χ3n) is 4.21. The standard InChI is InChI=1S/C13H20N4O3S/c1-10-14-12(8-13(18)15-10)17-5-3-16(4-6-17)11-2-7-21(19,20)9-11/h8,11H,2-7,9H2,1H3,(H,14,15,18). The van der Waals surface area contributed by atoms with Gasteiger partial charge in [0.15, 0.2) is 9.84 Å². The second-order valence-electron chi connectivity index (χ2n) is 5.77. The summed E-state index contributed by atoms with van der Waals surface area (Å²) >= 11 is 0. The molecule has 0 aliphatic carbocycles. The molecule has 1 N–H and O–H groups in total. The fraction of sp³-hybridized carbons (Fsp3) is 0.692. The summed E-state index contributed by atoms with van der Waals surface area (Å²) < 4.78 is 23.1. The van der Waals surface area contributed by atoms with Gasteiger partial charge >= 0.3 is 0 Å². The first kappa shape index (κ1) is 14.5. The van der Waals surface area contributed by atoms with Crippen LogP contribution < -0.4 is 10.5 Å². The number of piperazine rings is 1. The molecule has 21 heavy (non-hydrogen) atoms. The second kappa shape index (κ2) is 5.42. The smallest absolute Gasteiger partial charge is 0.252 e. The molecule has 0 bridgehead atoms. The molecule has 0 spiro atoms. The Morgan fingerprint density at radius 3 is 2.57 bits per heavy atom. The van der Waals surface area contributed by atoms with Gasteiger partial charge in [0.1, 0.15) is 11.6 Å². The van der Waals surface area contributed by atoms with Gasteiger partial charge in [0.2, 0.25) is 0 Å². The van der Waals surface area contributed by atoms with Crippen molar-refractivity contribution in [3.63, 3.8) is 0 Å². The Morgan fingerprint density at radius 2 is 2.00 bits per heavy atom. The summed E-state index contributed by atoms with van der Waals surface area (Å²) in [4.78, 5) is 22.8. The van der Waals surface area contributed by atoms with Crippen LogP contribution in [0.2, 0.25) is 0 Å². The predicted octanol–water partition coefficient (Wildman–Crippen LogP) is -0.613. The van der Waals surface area contributed by atoms with Gasteiger partial charge in [-0.25, -0.2) is 13.4 Å². The van der Waals surface area contributed by atoms with Crippen LogP contribution in [0.25, 0.3) is 0 Å². The quantitative estimate of drug-likeness (QED) is 0.784. The van der Waals surface area contributed by atoms with E-state index in [1.807, 2.05) is 0 Å². The van der Waals surface area contributed by atoms with Crippen molar-refractivity contribution in [2.45, 2.75) is 19.4 Å². The van der Waals surface area contributed by atoms with E-state index in [9.17, 15) is 13.2 Å². The Hall–Kier alpha value is -1.41. The molecule has 3 rings (SSSR count). The van der Waals surface area contributed by atoms with Crippen molar-refractivity contribution in [3.8, 4) is 0 Å². The summed E-state index contributed by atoms with van der Waals surface area (Å²) in [5.41, 5.74) is -0.137. The topological polar surface area (TPSA) is 86.4 Å². The Kier molecular flexibility index (Phi) is 3.75. The molecule has 0 saturated carbocycles. The molecule has 1 unspecified atom stereocenters. The lowest BCUT2D eigenvalue weighted by atomic mass is 10.2. The number of anilines is 1. The number of hydrogen-bond donors (Lipinski definition) is 1. The zero-order valence-electron chi connectivity index (χ0n) is 12.1. The number of H-pyrrole nitrogens is 1. The summed E-state index contributed by atoms with van der Waals surface area (Å²) in [5.74, 6) is 1.92. The van der Waals surface area contributed by atoms with E-state index in [1.165, 1.54) is 6.07 Å². The Bertz CT molecular complexity index is 677. The highest BCUT2D eigenvalue weighted by Crippen LogP contribution is 2.20. The van der Waals surface area contributed by atoms with Gasteiger partial charge in [0, 0.05) is 38.3 Å². The molecule has 0 radical (unpaired) electrons. The van der Waals surface area contributed by atoms with Crippen LogP contribution in [0.1, 0.15) is 12.2 Å². The fourth-order valence-electron chi connectivity index (χ4n) is 3.11. The van der Waals surface area contributed by atoms with Gasteiger partial charge in [-0.3, -0.25) is 9.69 Å². The molecular weight excluding hydrogens is 292 g/mol. The van der Waals surface area contributed by atoms with Crippen LogP contribution in [0.15, 0.2) is 10.9 Å². The lowest BCUT2D eigenvalue weighted by Gasteiger charge is -2.38. The largest absolute Gasteiger partial charge is 0.354 e. The van der Waals surface area contributed by atoms with E-state index in [4.69, 9.17) is 0 Å². The van der Waals surface area contributed by atoms with Crippen molar-refractivity contribution in [1.82, 2.24) is 14.9 Å². The van der Waals surface area contributed by atoms with Crippen LogP contribution in [0.5, 0.6) is 0 Å². The molecule has 2 saturated heterocycles. The molecule has 7 nitrogen and oxygen atoms in total. The first-order valence-corrected chi connectivity index (χ1v) is 9.02. The van der Waals surface area contributed by atoms with Crippen LogP contribution >= 0.6 is 0 Å². The maximum atomic E-state index is 11.6. The molecule has 8 heteroatoms. The zero-order chi connectivity index (χ0) is 15.0. The third kappa shape index (κ3) is 3.26. The number of aromatic amines is 1. The van der Waals surface area contributed by atoms with E-state index in [2.05, 4.69) is 19.8 Å². The molecule has 2 aliphatic rings. The zero-order valence-corrected chi connectivity index (χ0v) is 12.9. The minimum absolute atomic E-state index is 0.137. The van der Waals surface area contributed by atoms with Gasteiger partial charge < -0.3 is 9.88 Å². The van der Waals surface area contributed by atoms with Crippen LogP contribution in [0.3, 0.4) is 0 Å². The molecule has 3 heterocycles. The Balaban J connectivity index is 1.64. The van der Waals surface area contributed by atoms with Gasteiger partial charge in [0.25, 0.3) is 5.56 Å². The molecule has 2 aliphatic heterocycles. The number of aromatic nitrogens is 2. The SMILES string of the molecule is Cc1nc(N2CCN(C3CCS(=O)(=O)C3)CC2)cc(=O)[nH]1. The summed E-state index contributed by atoms with van der Waals surface area (Å²) in [5, 5.41) is 0. The van der Waals surface area contributed by atoms with Crippen LogP contribution in [-0.4, -0.2) is 67.0 Å². The van der Waals surface area contributed by atoms with Crippen LogP contribution in [-0.2, 0) is 9.84 Å². The van der Waals surface area contributed by atoms with E-state index >= 15 is 0 Å². The van der Waals surface area contributed by atoms with Crippen molar-refractivity contribution >= 4 is 15.7 Å². The third-order valence-corrected chi connectivity index (χ3v) is 5.96. The first-order chi connectivity index (χ1) is 9.93. The van der Waals surface area contributed by atoms with Gasteiger partial charge in [-0.15, -0.1) is 0 Å². The minimum atomic E-state index is -2.83. The average molecular weight is 312 g/mol. The summed E-state index contributed by atoms with van der Waals surface area (Å²) in [6, 6.07) is 1.67. The number of sulfone groups is 1. The molecule has 2 fully saturated rings. The van der Waals surface area contributed by atoms with Crippen LogP contribution in [0, 0.1) is 6.92 Å². The van der Waals surface area contributed by atoms with E-state index in [1.54, 1.807) is 6.92 Å². The number of aryl methyl sites for hydroxylation is 1. The lowest BCUT2D eigenvalue weighted by molar-refractivity contribution is 0.200. The van der Waals surface area contributed by atoms with Crippen molar-refractivity contribution in [3.05, 3.63) is 22.2 Å². The van der Waals surface area contributed by atoms with Gasteiger partial charge in [0.05, 0.1) is 11.5 Å². The maximum Gasteiger partial charge on any atom is 0.252 e. The van der Waals surface area contributed by atoms with Crippen molar-refractivity contribution in [2.75, 3.05) is 42.6 Å². The van der Waals surface area contributed by atoms with E-state index < -0.39 is 9.84 Å². The maximum absolute atomic E-state index is 11.6. The summed E-state index contributed by atoms with van der Waals surface area (Å²) in [7, 11) is -2.83. The summed E-state index contributed by atoms with van der Waals surface area (Å²) in [6.45, 7) is 4.94. The molecular formula is C13H20N4O3S. The monoisotopic (exact) mass is 312 g/mol. The Morgan fingerprint density at radius 1 is 1.29 bits per heavy atom. The average Bonchev–Trinajstić information content (AvgIpc) is 2.78. The Labute approximate surface area is 123 Å². The van der Waals surface area contributed by atoms with Crippen LogP contribution in [0.4, 0.5) is 5.82 Å². The molecule has 0 amide bonds. The molecule has 116 valence electrons. The number of rotatable bonds is 2. The van der Waals surface area contributed by atoms with Crippen molar-refractivity contribution < 1.29 is 8.42 Å². The van der Waals surface area contributed by atoms with E-state index in [0.717, 1.165) is 32.6 Å². The fourth-order valence-corrected chi connectivity index (χ4v) is 4.87. The second-order valence-corrected chi connectivity index (χ2v) is 8.00. The molecule has 1 aromatic heterocycles. The van der Waals surface area contributed by atoms with E-state index in [0.29, 0.717) is 17.4 Å². The highest BCUT2D eigenvalue weighted by molar-refractivity contribution is 7.91. The highest BCUT2D eigenvalue weighted by atomic mass is 32.2. The molecule has 1 aromatic rings. The van der Waals surface area contributed by atoms with Gasteiger partial charge in [-0.05, 0) is 13.3 Å². The van der Waals surface area contributed by atoms with Crippen molar-refractivity contribution in [1.29, 1.82) is 0 Å². The first-order valence-electron chi connectivity index (χ1n) is 7.20. The minimum Gasteiger partial charge on any atom is -0.354 e. The predicted molar refractivity (Wildman–Crippen MR) is 80.4 cm³/mol. The van der Waals surface area contributed by atoms with Gasteiger partial charge in [-0.1, -0.05) is 0 Å². The van der Waals surface area contributed by atoms with E-state index in [-0.39, 0.29) is 17.4 Å². The highest BCUT2D eigenvalue weighted by Gasteiger charge is 2.33.